The molecule has 0 bridgehead atoms. The van der Waals surface area contributed by atoms with Crippen LogP contribution in [0.25, 0.3) is 11.0 Å². The Kier molecular flexibility index (Phi) is 8.70. The second kappa shape index (κ2) is 12.5. The molecule has 0 radical (unpaired) electrons. The number of aryl methyl sites for hydroxylation is 1. The highest BCUT2D eigenvalue weighted by molar-refractivity contribution is 7.92. The zero-order chi connectivity index (χ0) is 31.6. The van der Waals surface area contributed by atoms with Gasteiger partial charge < -0.3 is 23.6 Å². The zero-order valence-electron chi connectivity index (χ0n) is 24.1. The van der Waals surface area contributed by atoms with Crippen LogP contribution in [-0.4, -0.2) is 44.0 Å². The summed E-state index contributed by atoms with van der Waals surface area (Å²) in [6.45, 7) is 3.41. The molecule has 0 spiro atoms. The Morgan fingerprint density at radius 1 is 1.00 bits per heavy atom. The molecule has 5 rings (SSSR count). The van der Waals surface area contributed by atoms with E-state index >= 15 is 0 Å². The molecule has 2 aromatic heterocycles. The zero-order valence-corrected chi connectivity index (χ0v) is 25.7. The lowest BCUT2D eigenvalue weighted by atomic mass is 10.1. The second-order valence-electron chi connectivity index (χ2n) is 9.90. The summed E-state index contributed by atoms with van der Waals surface area (Å²) in [4.78, 5) is 26.8. The third-order valence-electron chi connectivity index (χ3n) is 7.22. The normalized spacial score (nSPS) is 11.5. The summed E-state index contributed by atoms with van der Waals surface area (Å²) in [6.07, 6.45) is 1.51. The Labute approximate surface area is 259 Å². The topological polar surface area (TPSA) is 130 Å². The number of amides is 1. The number of nitrogens with zero attached hydrogens (tertiary/aromatic N) is 2. The SMILES string of the molecule is CCN(c1cc(OC)ccc1CN(Cc1ccco1)C(=O)c1ccccc1Cl)S(=O)(=O)c1ccc2oc(C(=O)O)c(C)c2c1. The molecule has 12 heteroatoms. The van der Waals surface area contributed by atoms with Crippen LogP contribution in [-0.2, 0) is 23.1 Å². The summed E-state index contributed by atoms with van der Waals surface area (Å²) in [5.74, 6) is -0.916. The molecule has 0 unspecified atom stereocenters. The van der Waals surface area contributed by atoms with Gasteiger partial charge in [0, 0.05) is 30.1 Å². The van der Waals surface area contributed by atoms with Crippen molar-refractivity contribution in [3.05, 3.63) is 112 Å². The average molecular weight is 637 g/mol. The maximum atomic E-state index is 14.2. The summed E-state index contributed by atoms with van der Waals surface area (Å²) in [6, 6.07) is 19.4. The van der Waals surface area contributed by atoms with E-state index in [1.54, 1.807) is 68.4 Å². The van der Waals surface area contributed by atoms with Crippen molar-refractivity contribution in [2.75, 3.05) is 18.0 Å². The second-order valence-corrected chi connectivity index (χ2v) is 12.2. The third-order valence-corrected chi connectivity index (χ3v) is 9.43. The van der Waals surface area contributed by atoms with Gasteiger partial charge in [-0.25, -0.2) is 13.2 Å². The van der Waals surface area contributed by atoms with Gasteiger partial charge >= 0.3 is 5.97 Å². The smallest absolute Gasteiger partial charge is 0.372 e. The predicted octanol–water partition coefficient (Wildman–Crippen LogP) is 6.75. The van der Waals surface area contributed by atoms with Crippen molar-refractivity contribution in [3.8, 4) is 5.75 Å². The van der Waals surface area contributed by atoms with Gasteiger partial charge in [-0.15, -0.1) is 0 Å². The molecule has 228 valence electrons. The standard InChI is InChI=1S/C32H29ClN2O8S/c1-4-35(44(39,40)24-13-14-29-26(17-24)20(2)30(43-29)32(37)38)28-16-22(41-3)12-11-21(28)18-34(19-23-8-7-15-42-23)31(36)25-9-5-6-10-27(25)33/h5-17H,4,18-19H2,1-3H3,(H,37,38). The summed E-state index contributed by atoms with van der Waals surface area (Å²) >= 11 is 6.38. The van der Waals surface area contributed by atoms with Gasteiger partial charge in [0.25, 0.3) is 15.9 Å². The quantitative estimate of drug-likeness (QED) is 0.168. The summed E-state index contributed by atoms with van der Waals surface area (Å²) in [5, 5.41) is 10.1. The van der Waals surface area contributed by atoms with Crippen LogP contribution >= 0.6 is 11.6 Å². The number of carbonyl (C=O) groups excluding carboxylic acids is 1. The van der Waals surface area contributed by atoms with Crippen molar-refractivity contribution in [1.29, 1.82) is 0 Å². The van der Waals surface area contributed by atoms with Crippen LogP contribution in [0.2, 0.25) is 5.02 Å². The summed E-state index contributed by atoms with van der Waals surface area (Å²) in [7, 11) is -2.71. The molecule has 1 amide bonds. The van der Waals surface area contributed by atoms with Crippen molar-refractivity contribution >= 4 is 50.2 Å². The minimum atomic E-state index is -4.19. The number of sulfonamides is 1. The van der Waals surface area contributed by atoms with E-state index in [0.717, 1.165) is 0 Å². The van der Waals surface area contributed by atoms with Crippen LogP contribution in [0.5, 0.6) is 5.75 Å². The lowest BCUT2D eigenvalue weighted by molar-refractivity contribution is 0.0662. The van der Waals surface area contributed by atoms with E-state index in [1.165, 1.54) is 40.8 Å². The van der Waals surface area contributed by atoms with Gasteiger partial charge in [0.05, 0.1) is 41.1 Å². The molecule has 0 aliphatic rings. The van der Waals surface area contributed by atoms with Gasteiger partial charge in [-0.1, -0.05) is 29.8 Å². The predicted molar refractivity (Wildman–Crippen MR) is 165 cm³/mol. The lowest BCUT2D eigenvalue weighted by Crippen LogP contribution is -2.34. The van der Waals surface area contributed by atoms with Crippen molar-refractivity contribution in [3.63, 3.8) is 0 Å². The number of methoxy groups -OCH3 is 1. The van der Waals surface area contributed by atoms with Crippen LogP contribution in [0.15, 0.2) is 92.8 Å². The number of halogens is 1. The van der Waals surface area contributed by atoms with Crippen LogP contribution in [0, 0.1) is 6.92 Å². The number of hydrogen-bond acceptors (Lipinski definition) is 7. The molecular weight excluding hydrogens is 608 g/mol. The van der Waals surface area contributed by atoms with Crippen LogP contribution in [0.3, 0.4) is 0 Å². The fraction of sp³-hybridized carbons (Fsp3) is 0.188. The fourth-order valence-electron chi connectivity index (χ4n) is 5.00. The van der Waals surface area contributed by atoms with Crippen molar-refractivity contribution < 1.29 is 36.7 Å². The first-order valence-corrected chi connectivity index (χ1v) is 15.4. The van der Waals surface area contributed by atoms with Crippen LogP contribution in [0.1, 0.15) is 44.7 Å². The number of anilines is 1. The molecule has 0 saturated heterocycles. The first kappa shape index (κ1) is 30.7. The van der Waals surface area contributed by atoms with Gasteiger partial charge in [-0.05, 0) is 67.9 Å². The highest BCUT2D eigenvalue weighted by Gasteiger charge is 2.29. The largest absolute Gasteiger partial charge is 0.497 e. The highest BCUT2D eigenvalue weighted by atomic mass is 35.5. The molecule has 44 heavy (non-hydrogen) atoms. The van der Waals surface area contributed by atoms with Gasteiger partial charge in [0.1, 0.15) is 17.1 Å². The minimum absolute atomic E-state index is 0.0119. The maximum absolute atomic E-state index is 14.2. The average Bonchev–Trinajstić information content (AvgIpc) is 3.65. The Bertz CT molecular complexity index is 1950. The number of rotatable bonds is 11. The number of aromatic carboxylic acids is 1. The van der Waals surface area contributed by atoms with E-state index in [4.69, 9.17) is 25.2 Å². The first-order valence-electron chi connectivity index (χ1n) is 13.6. The van der Waals surface area contributed by atoms with Crippen molar-refractivity contribution in [1.82, 2.24) is 4.90 Å². The van der Waals surface area contributed by atoms with E-state index in [9.17, 15) is 23.1 Å². The number of carboxylic acids is 1. The number of ether oxygens (including phenoxy) is 1. The Hall–Kier alpha value is -4.74. The number of benzene rings is 3. The molecule has 0 atom stereocenters. The Balaban J connectivity index is 1.59. The number of hydrogen-bond donors (Lipinski definition) is 1. The van der Waals surface area contributed by atoms with E-state index in [2.05, 4.69) is 0 Å². The molecule has 0 saturated carbocycles. The lowest BCUT2D eigenvalue weighted by Gasteiger charge is -2.29. The van der Waals surface area contributed by atoms with E-state index in [-0.39, 0.29) is 46.8 Å². The summed E-state index contributed by atoms with van der Waals surface area (Å²) in [5.41, 5.74) is 1.70. The first-order chi connectivity index (χ1) is 21.0. The maximum Gasteiger partial charge on any atom is 0.372 e. The van der Waals surface area contributed by atoms with E-state index < -0.39 is 16.0 Å². The molecule has 1 N–H and O–H groups in total. The van der Waals surface area contributed by atoms with Gasteiger partial charge in [0.2, 0.25) is 5.76 Å². The Morgan fingerprint density at radius 3 is 2.43 bits per heavy atom. The number of carboxylic acid groups (broad SMARTS) is 1. The van der Waals surface area contributed by atoms with Gasteiger partial charge in [0.15, 0.2) is 0 Å². The highest BCUT2D eigenvalue weighted by Crippen LogP contribution is 2.34. The third kappa shape index (κ3) is 5.88. The van der Waals surface area contributed by atoms with Crippen LogP contribution < -0.4 is 9.04 Å². The van der Waals surface area contributed by atoms with E-state index in [0.29, 0.717) is 39.3 Å². The minimum Gasteiger partial charge on any atom is -0.497 e. The number of carbonyl (C=O) groups is 2. The van der Waals surface area contributed by atoms with Crippen molar-refractivity contribution in [2.24, 2.45) is 0 Å². The van der Waals surface area contributed by atoms with Gasteiger partial charge in [-0.3, -0.25) is 9.10 Å². The molecule has 0 aliphatic heterocycles. The monoisotopic (exact) mass is 636 g/mol. The van der Waals surface area contributed by atoms with Gasteiger partial charge in [-0.2, -0.15) is 0 Å². The molecular formula is C32H29ClN2O8S. The molecule has 5 aromatic rings. The van der Waals surface area contributed by atoms with E-state index in [1.807, 2.05) is 0 Å². The number of furan rings is 2. The fourth-order valence-corrected chi connectivity index (χ4v) is 6.75. The Morgan fingerprint density at radius 2 is 1.77 bits per heavy atom. The molecule has 3 aromatic carbocycles. The molecule has 2 heterocycles. The van der Waals surface area contributed by atoms with Crippen molar-refractivity contribution in [2.45, 2.75) is 31.8 Å². The molecule has 0 fully saturated rings. The van der Waals surface area contributed by atoms with Crippen LogP contribution in [0.4, 0.5) is 5.69 Å². The molecule has 0 aliphatic carbocycles. The number of fused-ring (bicyclic) bond motifs is 1. The summed E-state index contributed by atoms with van der Waals surface area (Å²) < 4.78 is 46.0. The molecule has 10 nitrogen and oxygen atoms in total.